The highest BCUT2D eigenvalue weighted by molar-refractivity contribution is 7.22. The minimum atomic E-state index is -0.534. The molecule has 0 spiro atoms. The largest absolute Gasteiger partial charge is 0.420 e. The highest BCUT2D eigenvalue weighted by atomic mass is 35.5. The number of hydrogen-bond donors (Lipinski definition) is 0. The SMILES string of the molecule is Cc1cc(C)c2nc(N(CCN(C)C)C(=O)Cn3c(=O)oc4ccccc43)sc2c1.Cl. The maximum absolute atomic E-state index is 13.3. The lowest BCUT2D eigenvalue weighted by molar-refractivity contribution is -0.119. The number of benzene rings is 2. The number of amides is 1. The lowest BCUT2D eigenvalue weighted by Gasteiger charge is -2.22. The van der Waals surface area contributed by atoms with Crippen LogP contribution in [0, 0.1) is 13.8 Å². The number of likely N-dealkylation sites (N-methyl/N-ethyl adjacent to an activating group) is 1. The molecule has 0 radical (unpaired) electrons. The van der Waals surface area contributed by atoms with Gasteiger partial charge in [-0.25, -0.2) is 9.78 Å². The van der Waals surface area contributed by atoms with Crippen molar-refractivity contribution in [3.8, 4) is 0 Å². The predicted octanol–water partition coefficient (Wildman–Crippen LogP) is 3.84. The highest BCUT2D eigenvalue weighted by Gasteiger charge is 2.23. The Morgan fingerprint density at radius 2 is 1.90 bits per heavy atom. The van der Waals surface area contributed by atoms with E-state index >= 15 is 0 Å². The predicted molar refractivity (Wildman–Crippen MR) is 128 cm³/mol. The summed E-state index contributed by atoms with van der Waals surface area (Å²) in [5.74, 6) is -0.730. The van der Waals surface area contributed by atoms with E-state index in [2.05, 4.69) is 19.1 Å². The fourth-order valence-corrected chi connectivity index (χ4v) is 4.67. The number of para-hydroxylation sites is 2. The maximum atomic E-state index is 13.3. The molecule has 0 aliphatic heterocycles. The molecule has 2 heterocycles. The molecule has 0 saturated heterocycles. The Hall–Kier alpha value is -2.68. The number of rotatable bonds is 6. The molecule has 0 aliphatic rings. The van der Waals surface area contributed by atoms with Gasteiger partial charge in [-0.2, -0.15) is 0 Å². The van der Waals surface area contributed by atoms with Gasteiger partial charge in [0.25, 0.3) is 0 Å². The molecule has 31 heavy (non-hydrogen) atoms. The molecule has 2 aromatic heterocycles. The first-order valence-electron chi connectivity index (χ1n) is 9.75. The molecule has 0 atom stereocenters. The van der Waals surface area contributed by atoms with E-state index in [9.17, 15) is 9.59 Å². The van der Waals surface area contributed by atoms with Gasteiger partial charge in [-0.1, -0.05) is 29.5 Å². The second kappa shape index (κ2) is 9.21. The quantitative estimate of drug-likeness (QED) is 0.437. The Kier molecular flexibility index (Phi) is 6.83. The van der Waals surface area contributed by atoms with Crippen molar-refractivity contribution >= 4 is 56.1 Å². The molecule has 9 heteroatoms. The molecular formula is C22H25ClN4O3S. The first kappa shape index (κ1) is 23.0. The van der Waals surface area contributed by atoms with Gasteiger partial charge < -0.3 is 9.32 Å². The minimum Gasteiger partial charge on any atom is -0.408 e. The van der Waals surface area contributed by atoms with Crippen LogP contribution in [0.15, 0.2) is 45.6 Å². The molecule has 7 nitrogen and oxygen atoms in total. The third-order valence-electron chi connectivity index (χ3n) is 4.99. The summed E-state index contributed by atoms with van der Waals surface area (Å²) >= 11 is 1.50. The molecule has 4 aromatic rings. The monoisotopic (exact) mass is 460 g/mol. The van der Waals surface area contributed by atoms with Crippen molar-refractivity contribution in [2.75, 3.05) is 32.1 Å². The average molecular weight is 461 g/mol. The summed E-state index contributed by atoms with van der Waals surface area (Å²) in [4.78, 5) is 34.1. The van der Waals surface area contributed by atoms with Crippen molar-refractivity contribution in [3.05, 3.63) is 58.1 Å². The Morgan fingerprint density at radius 3 is 2.65 bits per heavy atom. The van der Waals surface area contributed by atoms with Crippen molar-refractivity contribution < 1.29 is 9.21 Å². The summed E-state index contributed by atoms with van der Waals surface area (Å²) < 4.78 is 7.71. The van der Waals surface area contributed by atoms with Gasteiger partial charge in [0.2, 0.25) is 5.91 Å². The van der Waals surface area contributed by atoms with Gasteiger partial charge in [-0.15, -0.1) is 12.4 Å². The van der Waals surface area contributed by atoms with E-state index < -0.39 is 5.76 Å². The lowest BCUT2D eigenvalue weighted by Crippen LogP contribution is -2.39. The number of anilines is 1. The second-order valence-corrected chi connectivity index (χ2v) is 8.70. The first-order valence-corrected chi connectivity index (χ1v) is 10.6. The van der Waals surface area contributed by atoms with Gasteiger partial charge in [0, 0.05) is 13.1 Å². The van der Waals surface area contributed by atoms with Crippen molar-refractivity contribution in [1.29, 1.82) is 0 Å². The Labute approximate surface area is 190 Å². The van der Waals surface area contributed by atoms with Crippen LogP contribution in [0.3, 0.4) is 0 Å². The van der Waals surface area contributed by atoms with Crippen LogP contribution in [0.2, 0.25) is 0 Å². The zero-order valence-electron chi connectivity index (χ0n) is 17.9. The van der Waals surface area contributed by atoms with Crippen molar-refractivity contribution in [2.24, 2.45) is 0 Å². The normalized spacial score (nSPS) is 11.3. The number of aromatic nitrogens is 2. The number of carbonyl (C=O) groups excluding carboxylic acids is 1. The van der Waals surface area contributed by atoms with Crippen LogP contribution in [-0.4, -0.2) is 47.5 Å². The number of hydrogen-bond acceptors (Lipinski definition) is 6. The lowest BCUT2D eigenvalue weighted by atomic mass is 10.1. The molecule has 2 aromatic carbocycles. The van der Waals surface area contributed by atoms with E-state index in [4.69, 9.17) is 9.40 Å². The summed E-state index contributed by atoms with van der Waals surface area (Å²) in [7, 11) is 3.92. The van der Waals surface area contributed by atoms with Crippen molar-refractivity contribution in [3.63, 3.8) is 0 Å². The topological polar surface area (TPSA) is 71.6 Å². The molecule has 0 unspecified atom stereocenters. The molecule has 0 saturated carbocycles. The molecule has 0 N–H and O–H groups in total. The Bertz CT molecular complexity index is 1290. The van der Waals surface area contributed by atoms with Gasteiger partial charge in [-0.3, -0.25) is 14.3 Å². The van der Waals surface area contributed by atoms with Gasteiger partial charge in [-0.05, 0) is 57.3 Å². The van der Waals surface area contributed by atoms with Gasteiger partial charge in [0.05, 0.1) is 15.7 Å². The van der Waals surface area contributed by atoms with E-state index in [-0.39, 0.29) is 24.9 Å². The molecule has 1 amide bonds. The van der Waals surface area contributed by atoms with Crippen LogP contribution in [0.5, 0.6) is 0 Å². The molecule has 164 valence electrons. The van der Waals surface area contributed by atoms with Crippen LogP contribution in [0.25, 0.3) is 21.3 Å². The van der Waals surface area contributed by atoms with Gasteiger partial charge >= 0.3 is 5.76 Å². The maximum Gasteiger partial charge on any atom is 0.420 e. The molecule has 0 bridgehead atoms. The van der Waals surface area contributed by atoms with E-state index in [0.29, 0.717) is 29.3 Å². The molecule has 0 fully saturated rings. The van der Waals surface area contributed by atoms with E-state index in [1.807, 2.05) is 32.0 Å². The Morgan fingerprint density at radius 1 is 1.16 bits per heavy atom. The third kappa shape index (κ3) is 4.66. The number of carbonyl (C=O) groups is 1. The van der Waals surface area contributed by atoms with Crippen molar-refractivity contribution in [2.45, 2.75) is 20.4 Å². The van der Waals surface area contributed by atoms with Crippen LogP contribution in [0.1, 0.15) is 11.1 Å². The number of oxazole rings is 1. The minimum absolute atomic E-state index is 0. The van der Waals surface area contributed by atoms with Crippen molar-refractivity contribution in [1.82, 2.24) is 14.5 Å². The summed E-state index contributed by atoms with van der Waals surface area (Å²) in [5, 5.41) is 0.645. The number of halogens is 1. The first-order chi connectivity index (χ1) is 14.3. The highest BCUT2D eigenvalue weighted by Crippen LogP contribution is 2.32. The van der Waals surface area contributed by atoms with Crippen LogP contribution in [0.4, 0.5) is 5.13 Å². The smallest absolute Gasteiger partial charge is 0.408 e. The van der Waals surface area contributed by atoms with Gasteiger partial charge in [0.1, 0.15) is 6.54 Å². The van der Waals surface area contributed by atoms with E-state index in [1.54, 1.807) is 23.1 Å². The summed E-state index contributed by atoms with van der Waals surface area (Å²) in [5.41, 5.74) is 4.25. The third-order valence-corrected chi connectivity index (χ3v) is 6.01. The molecular weight excluding hydrogens is 436 g/mol. The summed E-state index contributed by atoms with van der Waals surface area (Å²) in [6.45, 7) is 5.14. The fourth-order valence-electron chi connectivity index (χ4n) is 3.49. The molecule has 0 aliphatic carbocycles. The molecule has 4 rings (SSSR count). The van der Waals surface area contributed by atoms with Gasteiger partial charge in [0.15, 0.2) is 10.7 Å². The zero-order chi connectivity index (χ0) is 21.4. The summed E-state index contributed by atoms with van der Waals surface area (Å²) in [6, 6.07) is 11.3. The number of aryl methyl sites for hydroxylation is 2. The van der Waals surface area contributed by atoms with Crippen LogP contribution >= 0.6 is 23.7 Å². The number of fused-ring (bicyclic) bond motifs is 2. The van der Waals surface area contributed by atoms with E-state index in [1.165, 1.54) is 15.9 Å². The zero-order valence-corrected chi connectivity index (χ0v) is 19.5. The number of thiazole rings is 1. The van der Waals surface area contributed by atoms with Crippen LogP contribution < -0.4 is 10.7 Å². The Balaban J connectivity index is 0.00000272. The number of nitrogens with zero attached hydrogens (tertiary/aromatic N) is 4. The summed E-state index contributed by atoms with van der Waals surface area (Å²) in [6.07, 6.45) is 0. The van der Waals surface area contributed by atoms with Crippen LogP contribution in [-0.2, 0) is 11.3 Å². The van der Waals surface area contributed by atoms with E-state index in [0.717, 1.165) is 21.3 Å². The average Bonchev–Trinajstić information content (AvgIpc) is 3.23. The fraction of sp³-hybridized carbons (Fsp3) is 0.318. The standard InChI is InChI=1S/C22H24N4O3S.ClH/c1-14-11-15(2)20-18(12-14)30-21(23-20)25(10-9-24(3)4)19(27)13-26-16-7-5-6-8-17(16)29-22(26)28;/h5-8,11-12H,9-10,13H2,1-4H3;1H. The second-order valence-electron chi connectivity index (χ2n) is 7.70.